The maximum absolute atomic E-state index is 13.8. The monoisotopic (exact) mass is 307 g/mol. The fraction of sp³-hybridized carbons (Fsp3) is 0.0667. The number of benzene rings is 2. The van der Waals surface area contributed by atoms with Crippen LogP contribution in [0.25, 0.3) is 0 Å². The number of hydrogen-bond acceptors (Lipinski definition) is 2. The highest BCUT2D eigenvalue weighted by molar-refractivity contribution is 6.34. The third kappa shape index (κ3) is 3.20. The summed E-state index contributed by atoms with van der Waals surface area (Å²) in [6.07, 6.45) is 0. The minimum absolute atomic E-state index is 0.0587. The number of anilines is 1. The molecule has 2 rings (SSSR count). The zero-order valence-corrected chi connectivity index (χ0v) is 11.7. The molecule has 4 nitrogen and oxygen atoms in total. The fourth-order valence-electron chi connectivity index (χ4n) is 1.81. The molecule has 0 aliphatic heterocycles. The van der Waals surface area contributed by atoms with Crippen LogP contribution in [0.3, 0.4) is 0 Å². The number of carbonyl (C=O) groups excluding carboxylic acids is 1. The molecule has 2 aromatic rings. The van der Waals surface area contributed by atoms with Crippen molar-refractivity contribution in [2.75, 3.05) is 5.32 Å². The maximum Gasteiger partial charge on any atom is 0.337 e. The Bertz CT molecular complexity index is 731. The Balaban J connectivity index is 2.38. The molecule has 0 saturated carbocycles. The lowest BCUT2D eigenvalue weighted by Crippen LogP contribution is -2.16. The van der Waals surface area contributed by atoms with Gasteiger partial charge in [0.1, 0.15) is 5.82 Å². The quantitative estimate of drug-likeness (QED) is 0.907. The molecule has 0 aromatic heterocycles. The summed E-state index contributed by atoms with van der Waals surface area (Å²) in [5.41, 5.74) is 0.268. The van der Waals surface area contributed by atoms with Crippen molar-refractivity contribution in [3.05, 3.63) is 63.9 Å². The van der Waals surface area contributed by atoms with Crippen molar-refractivity contribution >= 4 is 29.2 Å². The molecular weight excluding hydrogens is 297 g/mol. The molecule has 21 heavy (non-hydrogen) atoms. The second-order valence-corrected chi connectivity index (χ2v) is 4.81. The zero-order valence-electron chi connectivity index (χ0n) is 11.0. The van der Waals surface area contributed by atoms with Crippen molar-refractivity contribution in [3.8, 4) is 0 Å². The van der Waals surface area contributed by atoms with E-state index in [-0.39, 0.29) is 21.8 Å². The van der Waals surface area contributed by atoms with E-state index in [0.29, 0.717) is 5.56 Å². The number of amides is 1. The van der Waals surface area contributed by atoms with Gasteiger partial charge < -0.3 is 10.4 Å². The van der Waals surface area contributed by atoms with Gasteiger partial charge in [0.2, 0.25) is 0 Å². The standard InChI is InChI=1S/C15H11ClFNO3/c1-8-5-6-9(12(17)7-8)14(19)18-13-10(15(20)21)3-2-4-11(13)16/h2-7H,1H3,(H,18,19)(H,20,21). The van der Waals surface area contributed by atoms with E-state index >= 15 is 0 Å². The lowest BCUT2D eigenvalue weighted by molar-refractivity contribution is 0.0698. The van der Waals surface area contributed by atoms with Gasteiger partial charge in [0.25, 0.3) is 5.91 Å². The van der Waals surface area contributed by atoms with E-state index in [9.17, 15) is 14.0 Å². The van der Waals surface area contributed by atoms with E-state index in [2.05, 4.69) is 5.32 Å². The van der Waals surface area contributed by atoms with Gasteiger partial charge >= 0.3 is 5.97 Å². The average molecular weight is 308 g/mol. The van der Waals surface area contributed by atoms with Gasteiger partial charge in [-0.3, -0.25) is 4.79 Å². The molecule has 0 bridgehead atoms. The summed E-state index contributed by atoms with van der Waals surface area (Å²) in [6, 6.07) is 8.33. The molecule has 1 amide bonds. The van der Waals surface area contributed by atoms with Crippen LogP contribution in [0.15, 0.2) is 36.4 Å². The number of para-hydroxylation sites is 1. The Labute approximate surface area is 125 Å². The summed E-state index contributed by atoms with van der Waals surface area (Å²) in [4.78, 5) is 23.2. The molecule has 0 radical (unpaired) electrons. The SMILES string of the molecule is Cc1ccc(C(=O)Nc2c(Cl)cccc2C(=O)O)c(F)c1. The Morgan fingerprint density at radius 1 is 1.19 bits per heavy atom. The molecule has 0 atom stereocenters. The van der Waals surface area contributed by atoms with Gasteiger partial charge in [0.15, 0.2) is 0 Å². The first kappa shape index (κ1) is 15.0. The lowest BCUT2D eigenvalue weighted by atomic mass is 10.1. The predicted octanol–water partition coefficient (Wildman–Crippen LogP) is 3.74. The topological polar surface area (TPSA) is 66.4 Å². The van der Waals surface area contributed by atoms with Crippen molar-refractivity contribution < 1.29 is 19.1 Å². The minimum Gasteiger partial charge on any atom is -0.478 e. The number of aryl methyl sites for hydroxylation is 1. The van der Waals surface area contributed by atoms with Crippen LogP contribution in [0.4, 0.5) is 10.1 Å². The molecule has 108 valence electrons. The summed E-state index contributed by atoms with van der Waals surface area (Å²) in [5, 5.41) is 11.5. The molecule has 0 fully saturated rings. The molecule has 0 spiro atoms. The number of halogens is 2. The fourth-order valence-corrected chi connectivity index (χ4v) is 2.04. The van der Waals surface area contributed by atoms with Crippen molar-refractivity contribution in [1.29, 1.82) is 0 Å². The van der Waals surface area contributed by atoms with Crippen LogP contribution >= 0.6 is 11.6 Å². The molecule has 0 aliphatic carbocycles. The lowest BCUT2D eigenvalue weighted by Gasteiger charge is -2.11. The Morgan fingerprint density at radius 3 is 2.52 bits per heavy atom. The normalized spacial score (nSPS) is 10.2. The molecular formula is C15H11ClFNO3. The number of carboxylic acids is 1. The van der Waals surface area contributed by atoms with Gasteiger partial charge in [-0.15, -0.1) is 0 Å². The summed E-state index contributed by atoms with van der Waals surface area (Å²) < 4.78 is 13.8. The van der Waals surface area contributed by atoms with Crippen LogP contribution < -0.4 is 5.32 Å². The summed E-state index contributed by atoms with van der Waals surface area (Å²) in [6.45, 7) is 1.70. The van der Waals surface area contributed by atoms with Gasteiger partial charge in [-0.05, 0) is 36.8 Å². The minimum atomic E-state index is -1.24. The number of carbonyl (C=O) groups is 2. The average Bonchev–Trinajstić information content (AvgIpc) is 2.40. The highest BCUT2D eigenvalue weighted by Crippen LogP contribution is 2.27. The molecule has 6 heteroatoms. The number of nitrogens with one attached hydrogen (secondary N) is 1. The first-order chi connectivity index (χ1) is 9.90. The number of aromatic carboxylic acids is 1. The zero-order chi connectivity index (χ0) is 15.6. The maximum atomic E-state index is 13.8. The van der Waals surface area contributed by atoms with Crippen LogP contribution in [-0.4, -0.2) is 17.0 Å². The van der Waals surface area contributed by atoms with Gasteiger partial charge in [-0.1, -0.05) is 23.7 Å². The van der Waals surface area contributed by atoms with E-state index < -0.39 is 17.7 Å². The third-order valence-electron chi connectivity index (χ3n) is 2.85. The number of hydrogen-bond donors (Lipinski definition) is 2. The molecule has 2 aromatic carbocycles. The van der Waals surface area contributed by atoms with Crippen LogP contribution in [0.1, 0.15) is 26.3 Å². The van der Waals surface area contributed by atoms with Gasteiger partial charge in [-0.2, -0.15) is 0 Å². The van der Waals surface area contributed by atoms with E-state index in [4.69, 9.17) is 16.7 Å². The van der Waals surface area contributed by atoms with Crippen LogP contribution in [0.5, 0.6) is 0 Å². The first-order valence-electron chi connectivity index (χ1n) is 5.99. The highest BCUT2D eigenvalue weighted by atomic mass is 35.5. The van der Waals surface area contributed by atoms with Crippen molar-refractivity contribution in [2.24, 2.45) is 0 Å². The van der Waals surface area contributed by atoms with Gasteiger partial charge in [0, 0.05) is 0 Å². The highest BCUT2D eigenvalue weighted by Gasteiger charge is 2.18. The van der Waals surface area contributed by atoms with E-state index in [0.717, 1.165) is 0 Å². The first-order valence-corrected chi connectivity index (χ1v) is 6.37. The van der Waals surface area contributed by atoms with Crippen LogP contribution in [0.2, 0.25) is 5.02 Å². The van der Waals surface area contributed by atoms with Gasteiger partial charge in [0.05, 0.1) is 21.8 Å². The second-order valence-electron chi connectivity index (χ2n) is 4.40. The summed E-state index contributed by atoms with van der Waals surface area (Å²) in [5.74, 6) is -2.68. The molecule has 0 heterocycles. The Morgan fingerprint density at radius 2 is 1.90 bits per heavy atom. The van der Waals surface area contributed by atoms with Gasteiger partial charge in [-0.25, -0.2) is 9.18 Å². The molecule has 0 unspecified atom stereocenters. The van der Waals surface area contributed by atoms with Crippen LogP contribution in [-0.2, 0) is 0 Å². The molecule has 0 aliphatic rings. The predicted molar refractivity (Wildman–Crippen MR) is 77.5 cm³/mol. The Hall–Kier alpha value is -2.40. The van der Waals surface area contributed by atoms with E-state index in [1.165, 1.54) is 30.3 Å². The molecule has 2 N–H and O–H groups in total. The van der Waals surface area contributed by atoms with E-state index in [1.54, 1.807) is 13.0 Å². The van der Waals surface area contributed by atoms with Crippen LogP contribution in [0, 0.1) is 12.7 Å². The smallest absolute Gasteiger partial charge is 0.337 e. The number of rotatable bonds is 3. The second kappa shape index (κ2) is 5.93. The van der Waals surface area contributed by atoms with E-state index in [1.807, 2.05) is 0 Å². The third-order valence-corrected chi connectivity index (χ3v) is 3.17. The summed E-state index contributed by atoms with van der Waals surface area (Å²) in [7, 11) is 0. The largest absolute Gasteiger partial charge is 0.478 e. The summed E-state index contributed by atoms with van der Waals surface area (Å²) >= 11 is 5.90. The van der Waals surface area contributed by atoms with Crippen molar-refractivity contribution in [1.82, 2.24) is 0 Å². The molecule has 0 saturated heterocycles. The Kier molecular flexibility index (Phi) is 4.23. The number of carboxylic acid groups (broad SMARTS) is 1. The van der Waals surface area contributed by atoms with Crippen molar-refractivity contribution in [2.45, 2.75) is 6.92 Å². The van der Waals surface area contributed by atoms with Crippen molar-refractivity contribution in [3.63, 3.8) is 0 Å².